The predicted molar refractivity (Wildman–Crippen MR) is 97.6 cm³/mol. The van der Waals surface area contributed by atoms with Gasteiger partial charge in [0.15, 0.2) is 18.2 Å². The molecule has 4 nitrogen and oxygen atoms in total. The lowest BCUT2D eigenvalue weighted by Crippen LogP contribution is -2.39. The minimum Gasteiger partial charge on any atom is -0.481 e. The molecule has 2 N–H and O–H groups in total. The maximum atomic E-state index is 14.0. The standard InChI is InChI=1S/C21H19F6NO3/c1-19(30,14-4-3-13(22)9-16(14)24)10-18(29)28-20(6-7-20)12-2-5-15(23)17(8-12)31-11-21(25,26)27/h2-5,8-9,30H,6-7,10-11H2,1H3,(H,28,29)/t19-/m1/s1. The number of aliphatic hydroxyl groups is 1. The highest BCUT2D eigenvalue weighted by Gasteiger charge is 2.47. The fourth-order valence-corrected chi connectivity index (χ4v) is 3.33. The Morgan fingerprint density at radius 2 is 1.77 bits per heavy atom. The highest BCUT2D eigenvalue weighted by Crippen LogP contribution is 2.47. The zero-order valence-electron chi connectivity index (χ0n) is 16.3. The Bertz CT molecular complexity index is 986. The van der Waals surface area contributed by atoms with Gasteiger partial charge in [0.25, 0.3) is 0 Å². The highest BCUT2D eigenvalue weighted by atomic mass is 19.4. The van der Waals surface area contributed by atoms with Crippen LogP contribution < -0.4 is 10.1 Å². The van der Waals surface area contributed by atoms with Crippen LogP contribution in [-0.4, -0.2) is 23.8 Å². The van der Waals surface area contributed by atoms with Gasteiger partial charge in [0.2, 0.25) is 5.91 Å². The van der Waals surface area contributed by atoms with Crippen molar-refractivity contribution in [3.05, 3.63) is 65.0 Å². The Balaban J connectivity index is 1.73. The lowest BCUT2D eigenvalue weighted by atomic mass is 9.91. The molecule has 168 valence electrons. The van der Waals surface area contributed by atoms with E-state index in [0.29, 0.717) is 24.5 Å². The summed E-state index contributed by atoms with van der Waals surface area (Å²) >= 11 is 0. The van der Waals surface area contributed by atoms with Crippen LogP contribution >= 0.6 is 0 Å². The summed E-state index contributed by atoms with van der Waals surface area (Å²) in [5, 5.41) is 13.2. The van der Waals surface area contributed by atoms with Crippen LogP contribution in [0.15, 0.2) is 36.4 Å². The first-order valence-corrected chi connectivity index (χ1v) is 9.30. The number of amides is 1. The van der Waals surface area contributed by atoms with Crippen LogP contribution in [0.2, 0.25) is 0 Å². The van der Waals surface area contributed by atoms with E-state index in [9.17, 15) is 36.2 Å². The number of carbonyl (C=O) groups excluding carboxylic acids is 1. The van der Waals surface area contributed by atoms with Crippen molar-refractivity contribution in [3.63, 3.8) is 0 Å². The SMILES string of the molecule is C[C@@](O)(CC(=O)NC1(c2ccc(F)c(OCC(F)(F)F)c2)CC1)c1ccc(F)cc1F. The van der Waals surface area contributed by atoms with Crippen molar-refractivity contribution in [3.8, 4) is 5.75 Å². The normalized spacial score (nSPS) is 17.0. The van der Waals surface area contributed by atoms with E-state index in [1.807, 2.05) is 0 Å². The van der Waals surface area contributed by atoms with Gasteiger partial charge in [-0.1, -0.05) is 12.1 Å². The number of carbonyl (C=O) groups is 1. The third kappa shape index (κ3) is 5.49. The van der Waals surface area contributed by atoms with Gasteiger partial charge in [0.05, 0.1) is 17.6 Å². The number of hydrogen-bond acceptors (Lipinski definition) is 3. The predicted octanol–water partition coefficient (Wildman–Crippen LogP) is 4.45. The second kappa shape index (κ2) is 8.07. The van der Waals surface area contributed by atoms with Crippen molar-refractivity contribution in [2.75, 3.05) is 6.61 Å². The molecule has 0 aliphatic heterocycles. The van der Waals surface area contributed by atoms with Crippen molar-refractivity contribution in [1.29, 1.82) is 0 Å². The quantitative estimate of drug-likeness (QED) is 0.617. The molecule has 1 saturated carbocycles. The number of hydrogen-bond donors (Lipinski definition) is 2. The molecule has 1 amide bonds. The van der Waals surface area contributed by atoms with Crippen molar-refractivity contribution < 1.29 is 41.0 Å². The minimum absolute atomic E-state index is 0.265. The molecule has 2 aromatic rings. The largest absolute Gasteiger partial charge is 0.481 e. The summed E-state index contributed by atoms with van der Waals surface area (Å²) in [6.07, 6.45) is -4.35. The van der Waals surface area contributed by atoms with Crippen LogP contribution in [-0.2, 0) is 15.9 Å². The van der Waals surface area contributed by atoms with Gasteiger partial charge in [-0.05, 0) is 43.5 Å². The highest BCUT2D eigenvalue weighted by molar-refractivity contribution is 5.79. The molecule has 1 aliphatic carbocycles. The molecule has 0 heterocycles. The molecule has 0 unspecified atom stereocenters. The Hall–Kier alpha value is -2.75. The van der Waals surface area contributed by atoms with E-state index in [2.05, 4.69) is 10.1 Å². The van der Waals surface area contributed by atoms with Gasteiger partial charge >= 0.3 is 6.18 Å². The minimum atomic E-state index is -4.64. The Morgan fingerprint density at radius 3 is 2.35 bits per heavy atom. The monoisotopic (exact) mass is 447 g/mol. The molecular formula is C21H19F6NO3. The van der Waals surface area contributed by atoms with Crippen LogP contribution in [0.1, 0.15) is 37.3 Å². The second-order valence-electron chi connectivity index (χ2n) is 7.75. The van der Waals surface area contributed by atoms with Crippen LogP contribution in [0.5, 0.6) is 5.75 Å². The maximum Gasteiger partial charge on any atom is 0.422 e. The molecule has 10 heteroatoms. The molecule has 0 spiro atoms. The van der Waals surface area contributed by atoms with Crippen LogP contribution in [0.4, 0.5) is 26.3 Å². The number of halogens is 6. The van der Waals surface area contributed by atoms with Crippen LogP contribution in [0.25, 0.3) is 0 Å². The summed E-state index contributed by atoms with van der Waals surface area (Å²) in [5.74, 6) is -4.10. The smallest absolute Gasteiger partial charge is 0.422 e. The molecule has 0 radical (unpaired) electrons. The third-order valence-electron chi connectivity index (χ3n) is 5.02. The first-order valence-electron chi connectivity index (χ1n) is 9.30. The topological polar surface area (TPSA) is 58.6 Å². The van der Waals surface area contributed by atoms with E-state index in [-0.39, 0.29) is 5.56 Å². The Morgan fingerprint density at radius 1 is 1.10 bits per heavy atom. The van der Waals surface area contributed by atoms with Crippen molar-refractivity contribution in [2.45, 2.75) is 43.5 Å². The molecular weight excluding hydrogens is 428 g/mol. The number of benzene rings is 2. The van der Waals surface area contributed by atoms with Crippen molar-refractivity contribution in [1.82, 2.24) is 5.32 Å². The van der Waals surface area contributed by atoms with Crippen molar-refractivity contribution >= 4 is 5.91 Å². The van der Waals surface area contributed by atoms with Gasteiger partial charge in [-0.15, -0.1) is 0 Å². The zero-order chi connectivity index (χ0) is 23.0. The Labute approximate surface area is 173 Å². The Kier molecular flexibility index (Phi) is 5.96. The zero-order valence-corrected chi connectivity index (χ0v) is 16.3. The first kappa shape index (κ1) is 22.9. The van der Waals surface area contributed by atoms with E-state index >= 15 is 0 Å². The fraction of sp³-hybridized carbons (Fsp3) is 0.381. The van der Waals surface area contributed by atoms with Gasteiger partial charge in [-0.25, -0.2) is 13.2 Å². The number of rotatable bonds is 7. The third-order valence-corrected chi connectivity index (χ3v) is 5.02. The maximum absolute atomic E-state index is 14.0. The van der Waals surface area contributed by atoms with E-state index in [4.69, 9.17) is 0 Å². The second-order valence-corrected chi connectivity index (χ2v) is 7.75. The molecule has 31 heavy (non-hydrogen) atoms. The van der Waals surface area contributed by atoms with E-state index < -0.39 is 59.5 Å². The fourth-order valence-electron chi connectivity index (χ4n) is 3.33. The van der Waals surface area contributed by atoms with Gasteiger partial charge in [0, 0.05) is 11.6 Å². The van der Waals surface area contributed by atoms with Gasteiger partial charge in [-0.3, -0.25) is 4.79 Å². The van der Waals surface area contributed by atoms with E-state index in [1.165, 1.54) is 13.0 Å². The summed E-state index contributed by atoms with van der Waals surface area (Å²) in [6.45, 7) is -0.470. The molecule has 3 rings (SSSR count). The van der Waals surface area contributed by atoms with Crippen LogP contribution in [0.3, 0.4) is 0 Å². The number of alkyl halides is 3. The summed E-state index contributed by atoms with van der Waals surface area (Å²) < 4.78 is 82.5. The summed E-state index contributed by atoms with van der Waals surface area (Å²) in [6, 6.07) is 5.93. The molecule has 1 fully saturated rings. The summed E-state index contributed by atoms with van der Waals surface area (Å²) in [7, 11) is 0. The molecule has 0 bridgehead atoms. The van der Waals surface area contributed by atoms with Gasteiger partial charge in [-0.2, -0.15) is 13.2 Å². The summed E-state index contributed by atoms with van der Waals surface area (Å²) in [4.78, 5) is 12.5. The van der Waals surface area contributed by atoms with E-state index in [1.54, 1.807) is 0 Å². The summed E-state index contributed by atoms with van der Waals surface area (Å²) in [5.41, 5.74) is -2.83. The lowest BCUT2D eigenvalue weighted by Gasteiger charge is -2.26. The van der Waals surface area contributed by atoms with Gasteiger partial charge < -0.3 is 15.2 Å². The van der Waals surface area contributed by atoms with Crippen molar-refractivity contribution in [2.24, 2.45) is 0 Å². The number of ether oxygens (including phenoxy) is 1. The van der Waals surface area contributed by atoms with E-state index in [0.717, 1.165) is 24.3 Å². The molecule has 2 aromatic carbocycles. The first-order chi connectivity index (χ1) is 14.3. The average Bonchev–Trinajstić information content (AvgIpc) is 3.39. The molecule has 1 atom stereocenters. The number of nitrogens with one attached hydrogen (secondary N) is 1. The van der Waals surface area contributed by atoms with Gasteiger partial charge in [0.1, 0.15) is 11.6 Å². The molecule has 1 aliphatic rings. The van der Waals surface area contributed by atoms with Crippen LogP contribution in [0, 0.1) is 17.5 Å². The molecule has 0 aromatic heterocycles. The average molecular weight is 447 g/mol. The lowest BCUT2D eigenvalue weighted by molar-refractivity contribution is -0.153. The molecule has 0 saturated heterocycles.